The number of hydrogen-bond acceptors (Lipinski definition) is 4. The quantitative estimate of drug-likeness (QED) is 0.311. The molecule has 0 bridgehead atoms. The van der Waals surface area contributed by atoms with Crippen LogP contribution in [0.25, 0.3) is 0 Å². The first-order valence-corrected chi connectivity index (χ1v) is 2.83. The van der Waals surface area contributed by atoms with Crippen LogP contribution in [0.2, 0.25) is 0 Å². The number of rotatable bonds is 0. The summed E-state index contributed by atoms with van der Waals surface area (Å²) in [6.07, 6.45) is 0. The summed E-state index contributed by atoms with van der Waals surface area (Å²) in [5.74, 6) is 0. The van der Waals surface area contributed by atoms with E-state index >= 15 is 0 Å². The molecule has 0 N–H and O–H groups in total. The van der Waals surface area contributed by atoms with E-state index in [1.165, 1.54) is 0 Å². The van der Waals surface area contributed by atoms with Crippen LogP contribution in [-0.2, 0) is 7.61 Å². The summed E-state index contributed by atoms with van der Waals surface area (Å²) in [5, 5.41) is 0. The fourth-order valence-electron chi connectivity index (χ4n) is 0. The van der Waals surface area contributed by atoms with Crippen molar-refractivity contribution >= 4 is 31.0 Å². The van der Waals surface area contributed by atoms with Gasteiger partial charge in [0.25, 0.3) is 0 Å². The van der Waals surface area contributed by atoms with E-state index in [9.17, 15) is 0 Å². The summed E-state index contributed by atoms with van der Waals surface area (Å²) in [7, 11) is 0. The Morgan fingerprint density at radius 2 is 1.00 bits per heavy atom. The van der Waals surface area contributed by atoms with Gasteiger partial charge in [-0.25, -0.2) is 0 Å². The summed E-state index contributed by atoms with van der Waals surface area (Å²) in [4.78, 5) is 0. The minimum atomic E-state index is -1.75. The van der Waals surface area contributed by atoms with Crippen molar-refractivity contribution < 1.29 is 15.9 Å². The fourth-order valence-corrected chi connectivity index (χ4v) is 0. The zero-order valence-electron chi connectivity index (χ0n) is 2.79. The van der Waals surface area contributed by atoms with E-state index < -0.39 is 31.0 Å². The first kappa shape index (κ1) is 9.55. The molecule has 6 heavy (non-hydrogen) atoms. The topological polar surface area (TPSA) is 80.3 Å². The van der Waals surface area contributed by atoms with Gasteiger partial charge >= 0.3 is 46.9 Å². The molecule has 6 heteroatoms. The molecule has 0 spiro atoms. The van der Waals surface area contributed by atoms with Crippen LogP contribution in [0.3, 0.4) is 0 Å². The maximum absolute atomic E-state index is 8.46. The standard InChI is InChI=1S/2Al.4O/q;;;;2*-1. The molecule has 0 rings (SSSR count). The Labute approximate surface area is 47.3 Å². The molecule has 0 saturated carbocycles. The van der Waals surface area contributed by atoms with E-state index in [-0.39, 0.29) is 0 Å². The monoisotopic (exact) mass is 118 g/mol. The second kappa shape index (κ2) is 18.7. The molecule has 0 aromatic carbocycles. The summed E-state index contributed by atoms with van der Waals surface area (Å²) < 4.78 is 33.8. The summed E-state index contributed by atoms with van der Waals surface area (Å²) in [5.41, 5.74) is 0. The third-order valence-corrected chi connectivity index (χ3v) is 0. The molecule has 4 nitrogen and oxygen atoms in total. The molecule has 0 amide bonds. The molecule has 0 aliphatic heterocycles. The Bertz CT molecular complexity index is 26.5. The molecular weight excluding hydrogens is 118 g/mol. The van der Waals surface area contributed by atoms with Crippen LogP contribution in [0, 0.1) is 0 Å². The van der Waals surface area contributed by atoms with Crippen molar-refractivity contribution in [2.75, 3.05) is 0 Å². The third kappa shape index (κ3) is 648. The van der Waals surface area contributed by atoms with Crippen LogP contribution in [0.1, 0.15) is 0 Å². The van der Waals surface area contributed by atoms with Crippen molar-refractivity contribution in [1.82, 2.24) is 0 Å². The molecule has 0 fully saturated rings. The van der Waals surface area contributed by atoms with Crippen LogP contribution in [-0.4, -0.2) is 31.0 Å². The normalized spacial score (nSPS) is 2.67. The van der Waals surface area contributed by atoms with E-state index in [0.29, 0.717) is 0 Å². The molecule has 0 saturated heterocycles. The van der Waals surface area contributed by atoms with Gasteiger partial charge in [0.05, 0.1) is 0 Å². The van der Waals surface area contributed by atoms with Crippen LogP contribution in [0.5, 0.6) is 0 Å². The molecule has 0 radical (unpaired) electrons. The van der Waals surface area contributed by atoms with Gasteiger partial charge in [0.1, 0.15) is 0 Å². The SMILES string of the molecule is [O]=[Al][O-].[O]=[Al][O-]. The summed E-state index contributed by atoms with van der Waals surface area (Å²) in [6.45, 7) is 0. The van der Waals surface area contributed by atoms with E-state index in [1.54, 1.807) is 0 Å². The minimum absolute atomic E-state index is 1.75. The second-order valence-corrected chi connectivity index (χ2v) is 0.577. The van der Waals surface area contributed by atoms with Gasteiger partial charge in [0, 0.05) is 0 Å². The predicted molar refractivity (Wildman–Crippen MR) is 12.9 cm³/mol. The van der Waals surface area contributed by atoms with Crippen molar-refractivity contribution in [2.45, 2.75) is 0 Å². The fraction of sp³-hybridized carbons (Fsp3) is 0. The molecule has 0 aromatic rings. The van der Waals surface area contributed by atoms with Gasteiger partial charge in [-0.1, -0.05) is 0 Å². The summed E-state index contributed by atoms with van der Waals surface area (Å²) in [6, 6.07) is 0. The van der Waals surface area contributed by atoms with Crippen molar-refractivity contribution in [1.29, 1.82) is 0 Å². The molecule has 0 heterocycles. The Morgan fingerprint density at radius 1 is 1.00 bits per heavy atom. The van der Waals surface area contributed by atoms with Crippen molar-refractivity contribution in [3.8, 4) is 0 Å². The average molecular weight is 118 g/mol. The Kier molecular flexibility index (Phi) is 29.7. The molecule has 0 aromatic heterocycles. The van der Waals surface area contributed by atoms with Crippen molar-refractivity contribution in [3.63, 3.8) is 0 Å². The molecule has 0 aliphatic rings. The third-order valence-electron chi connectivity index (χ3n) is 0. The molecule has 0 aliphatic carbocycles. The van der Waals surface area contributed by atoms with Gasteiger partial charge in [-0.15, -0.1) is 0 Å². The Morgan fingerprint density at radius 3 is 1.00 bits per heavy atom. The van der Waals surface area contributed by atoms with Gasteiger partial charge in [0.15, 0.2) is 0 Å². The Hall–Kier alpha value is 0.265. The van der Waals surface area contributed by atoms with Gasteiger partial charge < -0.3 is 0 Å². The van der Waals surface area contributed by atoms with E-state index in [4.69, 9.17) is 15.9 Å². The van der Waals surface area contributed by atoms with Crippen molar-refractivity contribution in [2.24, 2.45) is 0 Å². The maximum atomic E-state index is 8.46. The van der Waals surface area contributed by atoms with Gasteiger partial charge in [0.2, 0.25) is 0 Å². The zero-order valence-corrected chi connectivity index (χ0v) is 5.10. The summed E-state index contributed by atoms with van der Waals surface area (Å²) >= 11 is -3.50. The van der Waals surface area contributed by atoms with Crippen LogP contribution >= 0.6 is 0 Å². The van der Waals surface area contributed by atoms with Crippen LogP contribution in [0.15, 0.2) is 0 Å². The molecule has 0 unspecified atom stereocenters. The Balaban J connectivity index is 0. The van der Waals surface area contributed by atoms with E-state index in [1.807, 2.05) is 0 Å². The predicted octanol–water partition coefficient (Wildman–Crippen LogP) is -3.38. The van der Waals surface area contributed by atoms with E-state index in [2.05, 4.69) is 0 Å². The second-order valence-electron chi connectivity index (χ2n) is 0.192. The van der Waals surface area contributed by atoms with Gasteiger partial charge in [-0.05, 0) is 0 Å². The first-order valence-electron chi connectivity index (χ1n) is 0.943. The first-order chi connectivity index (χ1) is 2.83. The molecule has 32 valence electrons. The van der Waals surface area contributed by atoms with Gasteiger partial charge in [-0.2, -0.15) is 0 Å². The average Bonchev–Trinajstić information content (AvgIpc) is 1.39. The van der Waals surface area contributed by atoms with Gasteiger partial charge in [-0.3, -0.25) is 0 Å². The zero-order chi connectivity index (χ0) is 5.41. The van der Waals surface area contributed by atoms with Crippen molar-refractivity contribution in [3.05, 3.63) is 0 Å². The molecule has 0 atom stereocenters. The number of hydrogen-bond donors (Lipinski definition) is 0. The van der Waals surface area contributed by atoms with E-state index in [0.717, 1.165) is 0 Å². The van der Waals surface area contributed by atoms with Crippen LogP contribution < -0.4 is 8.32 Å². The molecular formula is Al2O4-2. The van der Waals surface area contributed by atoms with Crippen LogP contribution in [0.4, 0.5) is 0 Å².